The number of halogens is 1. The minimum Gasteiger partial charge on any atom is -0.480 e. The highest BCUT2D eigenvalue weighted by Crippen LogP contribution is 2.28. The van der Waals surface area contributed by atoms with Gasteiger partial charge in [0.05, 0.1) is 5.38 Å². The van der Waals surface area contributed by atoms with E-state index < -0.39 is 11.2 Å². The van der Waals surface area contributed by atoms with E-state index >= 15 is 0 Å². The van der Waals surface area contributed by atoms with Crippen molar-refractivity contribution in [2.24, 2.45) is 0 Å². The van der Waals surface area contributed by atoms with Crippen LogP contribution in [0.2, 0.25) is 0 Å². The number of rotatable bonds is 1. The third-order valence-corrected chi connectivity index (χ3v) is 2.67. The maximum absolute atomic E-state index is 10.3. The Labute approximate surface area is 61.9 Å². The molecule has 1 aliphatic rings. The van der Waals surface area contributed by atoms with Crippen molar-refractivity contribution in [2.75, 3.05) is 0 Å². The molecule has 1 heterocycles. The van der Waals surface area contributed by atoms with Crippen LogP contribution in [0.15, 0.2) is 11.5 Å². The van der Waals surface area contributed by atoms with Crippen molar-refractivity contribution in [3.63, 3.8) is 0 Å². The van der Waals surface area contributed by atoms with Crippen LogP contribution in [0.25, 0.3) is 0 Å². The van der Waals surface area contributed by atoms with Gasteiger partial charge in [0.1, 0.15) is 5.25 Å². The van der Waals surface area contributed by atoms with Crippen LogP contribution in [0.4, 0.5) is 0 Å². The van der Waals surface area contributed by atoms with Crippen LogP contribution in [0.3, 0.4) is 0 Å². The van der Waals surface area contributed by atoms with Crippen LogP contribution >= 0.6 is 23.4 Å². The molecule has 0 aliphatic carbocycles. The zero-order chi connectivity index (χ0) is 6.85. The smallest absolute Gasteiger partial charge is 0.318 e. The first-order chi connectivity index (χ1) is 4.22. The lowest BCUT2D eigenvalue weighted by Crippen LogP contribution is -2.21. The summed E-state index contributed by atoms with van der Waals surface area (Å²) in [5, 5.41) is 9.34. The van der Waals surface area contributed by atoms with E-state index in [1.54, 1.807) is 11.5 Å². The first kappa shape index (κ1) is 6.96. The topological polar surface area (TPSA) is 37.3 Å². The third kappa shape index (κ3) is 1.40. The van der Waals surface area contributed by atoms with Crippen LogP contribution in [0.1, 0.15) is 0 Å². The van der Waals surface area contributed by atoms with E-state index in [-0.39, 0.29) is 5.38 Å². The Bertz CT molecular complexity index is 157. The third-order valence-electron chi connectivity index (χ3n) is 1.02. The zero-order valence-electron chi connectivity index (χ0n) is 4.45. The molecule has 1 N–H and O–H groups in total. The summed E-state index contributed by atoms with van der Waals surface area (Å²) in [5.41, 5.74) is 0. The Morgan fingerprint density at radius 3 is 2.67 bits per heavy atom. The summed E-state index contributed by atoms with van der Waals surface area (Å²) in [4.78, 5) is 10.3. The van der Waals surface area contributed by atoms with Gasteiger partial charge in [-0.25, -0.2) is 0 Å². The standard InChI is InChI=1S/C5H5ClO2S/c6-3-1-2-9-4(3)5(7)8/h1-4H,(H,7,8). The molecule has 0 radical (unpaired) electrons. The molecule has 0 aromatic heterocycles. The number of hydrogen-bond donors (Lipinski definition) is 1. The number of thioether (sulfide) groups is 1. The van der Waals surface area contributed by atoms with Crippen molar-refractivity contribution < 1.29 is 9.90 Å². The number of carbonyl (C=O) groups is 1. The molecule has 0 fully saturated rings. The summed E-state index contributed by atoms with van der Waals surface area (Å²) in [5.74, 6) is -0.843. The normalized spacial score (nSPS) is 33.0. The molecule has 0 aromatic rings. The molecule has 0 amide bonds. The quantitative estimate of drug-likeness (QED) is 0.594. The van der Waals surface area contributed by atoms with Crippen LogP contribution in [0, 0.1) is 0 Å². The second kappa shape index (κ2) is 2.62. The van der Waals surface area contributed by atoms with Crippen molar-refractivity contribution in [3.8, 4) is 0 Å². The molecule has 2 atom stereocenters. The van der Waals surface area contributed by atoms with Crippen molar-refractivity contribution in [3.05, 3.63) is 11.5 Å². The van der Waals surface area contributed by atoms with Crippen molar-refractivity contribution >= 4 is 29.3 Å². The van der Waals surface area contributed by atoms with Gasteiger partial charge in [0.25, 0.3) is 0 Å². The van der Waals surface area contributed by atoms with E-state index in [4.69, 9.17) is 16.7 Å². The Kier molecular flexibility index (Phi) is 2.03. The first-order valence-electron chi connectivity index (χ1n) is 2.41. The SMILES string of the molecule is O=C(O)C1SC=CC1Cl. The van der Waals surface area contributed by atoms with Gasteiger partial charge in [-0.15, -0.1) is 23.4 Å². The largest absolute Gasteiger partial charge is 0.480 e. The minimum atomic E-state index is -0.843. The van der Waals surface area contributed by atoms with Gasteiger partial charge in [-0.2, -0.15) is 0 Å². The molecule has 0 aromatic carbocycles. The fourth-order valence-electron chi connectivity index (χ4n) is 0.575. The summed E-state index contributed by atoms with van der Waals surface area (Å²) in [6.07, 6.45) is 1.69. The summed E-state index contributed by atoms with van der Waals surface area (Å²) < 4.78 is 0. The Morgan fingerprint density at radius 1 is 1.78 bits per heavy atom. The van der Waals surface area contributed by atoms with E-state index in [9.17, 15) is 4.79 Å². The maximum atomic E-state index is 10.3. The molecule has 2 nitrogen and oxygen atoms in total. The monoisotopic (exact) mass is 164 g/mol. The molecule has 0 spiro atoms. The summed E-state index contributed by atoms with van der Waals surface area (Å²) in [6.45, 7) is 0. The fourth-order valence-corrected chi connectivity index (χ4v) is 1.81. The molecular weight excluding hydrogens is 160 g/mol. The van der Waals surface area contributed by atoms with E-state index in [1.165, 1.54) is 11.8 Å². The molecular formula is C5H5ClO2S. The van der Waals surface area contributed by atoms with Gasteiger partial charge in [0, 0.05) is 0 Å². The number of carboxylic acids is 1. The van der Waals surface area contributed by atoms with E-state index in [1.807, 2.05) is 0 Å². The van der Waals surface area contributed by atoms with Gasteiger partial charge < -0.3 is 5.11 Å². The summed E-state index contributed by atoms with van der Waals surface area (Å²) >= 11 is 6.83. The van der Waals surface area contributed by atoms with Gasteiger partial charge in [-0.1, -0.05) is 6.08 Å². The van der Waals surface area contributed by atoms with E-state index in [0.717, 1.165) is 0 Å². The minimum absolute atomic E-state index is 0.340. The number of aliphatic carboxylic acids is 1. The number of hydrogen-bond acceptors (Lipinski definition) is 2. The zero-order valence-corrected chi connectivity index (χ0v) is 6.02. The van der Waals surface area contributed by atoms with Crippen molar-refractivity contribution in [1.82, 2.24) is 0 Å². The van der Waals surface area contributed by atoms with Crippen molar-refractivity contribution in [1.29, 1.82) is 0 Å². The second-order valence-electron chi connectivity index (χ2n) is 1.67. The number of alkyl halides is 1. The molecule has 1 aliphatic heterocycles. The predicted molar refractivity (Wildman–Crippen MR) is 37.8 cm³/mol. The van der Waals surface area contributed by atoms with Gasteiger partial charge in [-0.05, 0) is 5.41 Å². The average Bonchev–Trinajstić information content (AvgIpc) is 2.13. The highest BCUT2D eigenvalue weighted by Gasteiger charge is 2.27. The van der Waals surface area contributed by atoms with Crippen LogP contribution in [0.5, 0.6) is 0 Å². The van der Waals surface area contributed by atoms with E-state index in [2.05, 4.69) is 0 Å². The molecule has 0 saturated heterocycles. The molecule has 9 heavy (non-hydrogen) atoms. The molecule has 0 saturated carbocycles. The summed E-state index contributed by atoms with van der Waals surface area (Å²) in [6, 6.07) is 0. The van der Waals surface area contributed by atoms with Gasteiger partial charge in [-0.3, -0.25) is 4.79 Å². The van der Waals surface area contributed by atoms with E-state index in [0.29, 0.717) is 0 Å². The van der Waals surface area contributed by atoms with Crippen LogP contribution in [-0.4, -0.2) is 21.7 Å². The average molecular weight is 165 g/mol. The highest BCUT2D eigenvalue weighted by molar-refractivity contribution is 8.03. The second-order valence-corrected chi connectivity index (χ2v) is 3.22. The Balaban J connectivity index is 2.55. The number of allylic oxidation sites excluding steroid dienone is 1. The van der Waals surface area contributed by atoms with Crippen LogP contribution < -0.4 is 0 Å². The first-order valence-corrected chi connectivity index (χ1v) is 3.79. The molecule has 1 rings (SSSR count). The predicted octanol–water partition coefficient (Wildman–Crippen LogP) is 1.31. The Morgan fingerprint density at radius 2 is 2.44 bits per heavy atom. The van der Waals surface area contributed by atoms with Crippen LogP contribution in [-0.2, 0) is 4.79 Å². The maximum Gasteiger partial charge on any atom is 0.318 e. The van der Waals surface area contributed by atoms with Gasteiger partial charge >= 0.3 is 5.97 Å². The van der Waals surface area contributed by atoms with Crippen molar-refractivity contribution in [2.45, 2.75) is 10.6 Å². The Hall–Kier alpha value is -0.150. The lowest BCUT2D eigenvalue weighted by Gasteiger charge is -2.04. The lowest BCUT2D eigenvalue weighted by molar-refractivity contribution is -0.136. The summed E-state index contributed by atoms with van der Waals surface area (Å²) in [7, 11) is 0. The highest BCUT2D eigenvalue weighted by atomic mass is 35.5. The molecule has 50 valence electrons. The molecule has 0 bridgehead atoms. The fraction of sp³-hybridized carbons (Fsp3) is 0.400. The lowest BCUT2D eigenvalue weighted by atomic mass is 10.3. The van der Waals surface area contributed by atoms with Gasteiger partial charge in [0.2, 0.25) is 0 Å². The molecule has 4 heteroatoms. The van der Waals surface area contributed by atoms with Gasteiger partial charge in [0.15, 0.2) is 0 Å². The number of carboxylic acid groups (broad SMARTS) is 1. The molecule has 2 unspecified atom stereocenters.